The van der Waals surface area contributed by atoms with Gasteiger partial charge in [0.15, 0.2) is 0 Å². The maximum Gasteiger partial charge on any atom is 0.305 e. The number of nitrogens with zero attached hydrogens (tertiary/aromatic N) is 1. The molecule has 212 valence electrons. The van der Waals surface area contributed by atoms with E-state index in [0.717, 1.165) is 33.6 Å². The topological polar surface area (TPSA) is 113 Å². The molecule has 0 saturated heterocycles. The molecule has 1 unspecified atom stereocenters. The summed E-state index contributed by atoms with van der Waals surface area (Å²) in [7, 11) is -4.07. The van der Waals surface area contributed by atoms with Gasteiger partial charge in [-0.2, -0.15) is 4.31 Å². The first-order valence-corrected chi connectivity index (χ1v) is 15.4. The predicted octanol–water partition coefficient (Wildman–Crippen LogP) is 4.52. The third-order valence-electron chi connectivity index (χ3n) is 6.87. The second-order valence-corrected chi connectivity index (χ2v) is 12.8. The number of aliphatic carboxylic acids is 1. The number of sulfonamides is 1. The summed E-state index contributed by atoms with van der Waals surface area (Å²) in [6.45, 7) is 1.20. The first-order valence-electron chi connectivity index (χ1n) is 13.2. The predicted molar refractivity (Wildman–Crippen MR) is 156 cm³/mol. The molecule has 0 heterocycles. The fraction of sp³-hybridized carbons (Fsp3) is 0.333. The molecule has 1 atom stereocenters. The van der Waals surface area contributed by atoms with Crippen LogP contribution in [0.25, 0.3) is 0 Å². The summed E-state index contributed by atoms with van der Waals surface area (Å²) in [6.07, 6.45) is 3.17. The number of hydrogen-bond donors (Lipinski definition) is 2. The number of fused-ring (bicyclic) bond motifs is 1. The van der Waals surface area contributed by atoms with Crippen LogP contribution in [0.3, 0.4) is 0 Å². The Morgan fingerprint density at radius 1 is 1.05 bits per heavy atom. The Morgan fingerprint density at radius 3 is 2.52 bits per heavy atom. The van der Waals surface area contributed by atoms with Gasteiger partial charge < -0.3 is 15.2 Å². The number of carbonyl (C=O) groups excluding carboxylic acids is 1. The van der Waals surface area contributed by atoms with Crippen molar-refractivity contribution in [3.63, 3.8) is 0 Å². The van der Waals surface area contributed by atoms with Crippen LogP contribution >= 0.6 is 15.9 Å². The molecule has 0 aliphatic heterocycles. The van der Waals surface area contributed by atoms with E-state index in [1.807, 2.05) is 48.5 Å². The number of amides is 1. The molecule has 4 rings (SSSR count). The van der Waals surface area contributed by atoms with Crippen LogP contribution in [0.1, 0.15) is 35.1 Å². The Bertz CT molecular complexity index is 1460. The highest BCUT2D eigenvalue weighted by atomic mass is 79.9. The Balaban J connectivity index is 1.50. The lowest BCUT2D eigenvalue weighted by molar-refractivity contribution is -0.137. The van der Waals surface area contributed by atoms with Crippen molar-refractivity contribution in [2.45, 2.75) is 50.0 Å². The first kappa shape index (κ1) is 29.8. The molecule has 0 bridgehead atoms. The molecule has 1 aliphatic carbocycles. The molecular formula is C30H33BrN2O6S. The Hall–Kier alpha value is -3.21. The molecule has 3 aromatic carbocycles. The van der Waals surface area contributed by atoms with E-state index in [-0.39, 0.29) is 24.5 Å². The summed E-state index contributed by atoms with van der Waals surface area (Å²) in [5, 5.41) is 12.1. The van der Waals surface area contributed by atoms with Gasteiger partial charge in [0.1, 0.15) is 12.4 Å². The summed E-state index contributed by atoms with van der Waals surface area (Å²) < 4.78 is 35.2. The van der Waals surface area contributed by atoms with Crippen LogP contribution in [-0.2, 0) is 38.9 Å². The van der Waals surface area contributed by atoms with E-state index < -0.39 is 34.5 Å². The monoisotopic (exact) mass is 628 g/mol. The maximum atomic E-state index is 13.7. The van der Waals surface area contributed by atoms with Crippen LogP contribution in [0.2, 0.25) is 0 Å². The molecule has 1 amide bonds. The minimum absolute atomic E-state index is 0.0451. The van der Waals surface area contributed by atoms with E-state index in [4.69, 9.17) is 4.74 Å². The highest BCUT2D eigenvalue weighted by molar-refractivity contribution is 9.10. The standard InChI is InChI=1S/C30H33BrN2O6S/c1-21-16-25(31)11-13-28(21)40(37,38)33(14-15-39-27-12-10-23-8-5-9-24(23)18-27)20-29(34)32-26(19-30(35)36)17-22-6-3-2-4-7-22/h2-4,6-7,10-13,16,18,26H,5,8-9,14-15,17,19-20H2,1H3,(H,32,34)(H,35,36). The first-order chi connectivity index (χ1) is 19.1. The fourth-order valence-corrected chi connectivity index (χ4v) is 7.01. The van der Waals surface area contributed by atoms with Gasteiger partial charge in [0, 0.05) is 17.1 Å². The van der Waals surface area contributed by atoms with Gasteiger partial charge in [-0.05, 0) is 85.2 Å². The molecule has 0 radical (unpaired) electrons. The normalized spacial score (nSPS) is 13.6. The third-order valence-corrected chi connectivity index (χ3v) is 9.36. The van der Waals surface area contributed by atoms with Gasteiger partial charge in [0.25, 0.3) is 0 Å². The van der Waals surface area contributed by atoms with Gasteiger partial charge in [-0.1, -0.05) is 52.3 Å². The molecule has 0 fully saturated rings. The van der Waals surface area contributed by atoms with Crippen molar-refractivity contribution in [2.24, 2.45) is 0 Å². The maximum absolute atomic E-state index is 13.7. The van der Waals surface area contributed by atoms with Crippen LogP contribution in [0.15, 0.2) is 76.1 Å². The molecule has 8 nitrogen and oxygen atoms in total. The van der Waals surface area contributed by atoms with Gasteiger partial charge in [0.2, 0.25) is 15.9 Å². The van der Waals surface area contributed by atoms with Gasteiger partial charge in [-0.15, -0.1) is 0 Å². The lowest BCUT2D eigenvalue weighted by atomic mass is 10.0. The summed E-state index contributed by atoms with van der Waals surface area (Å²) in [6, 6.07) is 19.3. The number of benzene rings is 3. The Morgan fingerprint density at radius 2 is 1.80 bits per heavy atom. The number of carboxylic acid groups (broad SMARTS) is 1. The SMILES string of the molecule is Cc1cc(Br)ccc1S(=O)(=O)N(CCOc1ccc2c(c1)CCC2)CC(=O)NC(CC(=O)O)Cc1ccccc1. The van der Waals surface area contributed by atoms with Crippen molar-refractivity contribution >= 4 is 37.8 Å². The van der Waals surface area contributed by atoms with Crippen molar-refractivity contribution in [1.29, 1.82) is 0 Å². The van der Waals surface area contributed by atoms with E-state index in [1.165, 1.54) is 17.2 Å². The van der Waals surface area contributed by atoms with E-state index in [1.54, 1.807) is 19.1 Å². The summed E-state index contributed by atoms with van der Waals surface area (Å²) in [4.78, 5) is 24.7. The molecule has 1 aliphatic rings. The lowest BCUT2D eigenvalue weighted by Gasteiger charge is -2.24. The van der Waals surface area contributed by atoms with Crippen molar-refractivity contribution in [1.82, 2.24) is 9.62 Å². The minimum Gasteiger partial charge on any atom is -0.492 e. The average molecular weight is 630 g/mol. The van der Waals surface area contributed by atoms with Crippen LogP contribution in [0.5, 0.6) is 5.75 Å². The van der Waals surface area contributed by atoms with Crippen molar-refractivity contribution in [2.75, 3.05) is 19.7 Å². The van der Waals surface area contributed by atoms with Crippen LogP contribution in [0.4, 0.5) is 0 Å². The van der Waals surface area contributed by atoms with Crippen LogP contribution in [0, 0.1) is 6.92 Å². The smallest absolute Gasteiger partial charge is 0.305 e. The largest absolute Gasteiger partial charge is 0.492 e. The number of carbonyl (C=O) groups is 2. The molecular weight excluding hydrogens is 596 g/mol. The average Bonchev–Trinajstić information content (AvgIpc) is 3.36. The second kappa shape index (κ2) is 13.4. The Labute approximate surface area is 243 Å². The van der Waals surface area contributed by atoms with Crippen LogP contribution in [-0.4, -0.2) is 55.4 Å². The molecule has 2 N–H and O–H groups in total. The van der Waals surface area contributed by atoms with Crippen molar-refractivity contribution in [3.05, 3.63) is 93.5 Å². The molecule has 0 spiro atoms. The number of aryl methyl sites for hydroxylation is 3. The summed E-state index contributed by atoms with van der Waals surface area (Å²) >= 11 is 3.36. The zero-order chi connectivity index (χ0) is 28.7. The highest BCUT2D eigenvalue weighted by Gasteiger charge is 2.29. The van der Waals surface area contributed by atoms with E-state index in [2.05, 4.69) is 21.2 Å². The number of nitrogens with one attached hydrogen (secondary N) is 1. The quantitative estimate of drug-likeness (QED) is 0.288. The van der Waals surface area contributed by atoms with E-state index >= 15 is 0 Å². The molecule has 3 aromatic rings. The molecule has 10 heteroatoms. The second-order valence-electron chi connectivity index (χ2n) is 9.93. The molecule has 40 heavy (non-hydrogen) atoms. The number of hydrogen-bond acceptors (Lipinski definition) is 5. The zero-order valence-electron chi connectivity index (χ0n) is 22.3. The Kier molecular flexibility index (Phi) is 9.99. The molecule has 0 aromatic heterocycles. The lowest BCUT2D eigenvalue weighted by Crippen LogP contribution is -2.46. The number of halogens is 1. The summed E-state index contributed by atoms with van der Waals surface area (Å²) in [5.74, 6) is -0.983. The van der Waals surface area contributed by atoms with Gasteiger partial charge in [-0.25, -0.2) is 8.42 Å². The third kappa shape index (κ3) is 7.93. The van der Waals surface area contributed by atoms with Gasteiger partial charge in [0.05, 0.1) is 17.9 Å². The fourth-order valence-electron chi connectivity index (χ4n) is 4.95. The van der Waals surface area contributed by atoms with Crippen LogP contribution < -0.4 is 10.1 Å². The van der Waals surface area contributed by atoms with Crippen molar-refractivity contribution < 1.29 is 27.9 Å². The van der Waals surface area contributed by atoms with Gasteiger partial charge >= 0.3 is 5.97 Å². The number of carboxylic acids is 1. The minimum atomic E-state index is -4.07. The van der Waals surface area contributed by atoms with Crippen molar-refractivity contribution in [3.8, 4) is 5.75 Å². The van der Waals surface area contributed by atoms with E-state index in [9.17, 15) is 23.1 Å². The number of rotatable bonds is 13. The van der Waals surface area contributed by atoms with E-state index in [0.29, 0.717) is 17.7 Å². The zero-order valence-corrected chi connectivity index (χ0v) is 24.7. The summed E-state index contributed by atoms with van der Waals surface area (Å²) in [5.41, 5.74) is 3.96. The van der Waals surface area contributed by atoms with Gasteiger partial charge in [-0.3, -0.25) is 9.59 Å². The number of ether oxygens (including phenoxy) is 1. The highest BCUT2D eigenvalue weighted by Crippen LogP contribution is 2.27. The molecule has 0 saturated carbocycles.